The molecule has 0 heterocycles. The minimum Gasteiger partial charge on any atom is -0.493 e. The lowest BCUT2D eigenvalue weighted by atomic mass is 10.1. The molecule has 0 aliphatic rings. The molecule has 0 spiro atoms. The van der Waals surface area contributed by atoms with Gasteiger partial charge in [-0.05, 0) is 48.7 Å². The molecule has 6 nitrogen and oxygen atoms in total. The Kier molecular flexibility index (Phi) is 6.60. The zero-order chi connectivity index (χ0) is 20.0. The topological polar surface area (TPSA) is 76.7 Å². The molecule has 0 radical (unpaired) electrons. The van der Waals surface area contributed by atoms with E-state index in [1.165, 1.54) is 14.0 Å². The molecule has 0 saturated heterocycles. The first-order chi connectivity index (χ1) is 12.8. The van der Waals surface area contributed by atoms with Gasteiger partial charge in [-0.2, -0.15) is 0 Å². The Morgan fingerprint density at radius 2 is 1.59 bits per heavy atom. The number of amides is 2. The van der Waals surface area contributed by atoms with Crippen LogP contribution in [0.15, 0.2) is 42.1 Å². The summed E-state index contributed by atoms with van der Waals surface area (Å²) in [6, 6.07) is 11.0. The van der Waals surface area contributed by atoms with Crippen LogP contribution in [0.2, 0.25) is 0 Å². The van der Waals surface area contributed by atoms with Crippen molar-refractivity contribution in [1.82, 2.24) is 5.32 Å². The highest BCUT2D eigenvalue weighted by atomic mass is 16.5. The zero-order valence-electron chi connectivity index (χ0n) is 16.2. The van der Waals surface area contributed by atoms with E-state index in [0.29, 0.717) is 17.1 Å². The molecule has 6 heteroatoms. The number of hydrogen-bond acceptors (Lipinski definition) is 4. The Labute approximate surface area is 159 Å². The molecule has 0 bridgehead atoms. The zero-order valence-corrected chi connectivity index (χ0v) is 16.2. The summed E-state index contributed by atoms with van der Waals surface area (Å²) in [5.41, 5.74) is 3.43. The predicted molar refractivity (Wildman–Crippen MR) is 106 cm³/mol. The van der Waals surface area contributed by atoms with Crippen LogP contribution >= 0.6 is 0 Å². The number of nitrogens with one attached hydrogen (secondary N) is 2. The van der Waals surface area contributed by atoms with Crippen molar-refractivity contribution in [3.05, 3.63) is 58.8 Å². The molecule has 0 aliphatic heterocycles. The molecule has 2 N–H and O–H groups in total. The second-order valence-corrected chi connectivity index (χ2v) is 6.07. The Hall–Kier alpha value is -3.28. The van der Waals surface area contributed by atoms with E-state index in [-0.39, 0.29) is 11.6 Å². The molecule has 2 aromatic rings. The van der Waals surface area contributed by atoms with Crippen LogP contribution in [0.4, 0.5) is 5.69 Å². The molecular weight excluding hydrogens is 344 g/mol. The Bertz CT molecular complexity index is 867. The van der Waals surface area contributed by atoms with Crippen LogP contribution in [0.25, 0.3) is 6.08 Å². The van der Waals surface area contributed by atoms with Crippen LogP contribution < -0.4 is 20.1 Å². The Morgan fingerprint density at radius 1 is 0.963 bits per heavy atom. The minimum atomic E-state index is -0.405. The van der Waals surface area contributed by atoms with E-state index in [4.69, 9.17) is 9.47 Å². The Balaban J connectivity index is 2.38. The SMILES string of the molecule is COc1ccc(C=C(NC(C)=O)C(=O)Nc2c(C)cccc2C)cc1OC. The first-order valence-electron chi connectivity index (χ1n) is 8.44. The van der Waals surface area contributed by atoms with Crippen molar-refractivity contribution in [1.29, 1.82) is 0 Å². The molecule has 0 aromatic heterocycles. The van der Waals surface area contributed by atoms with Crippen molar-refractivity contribution in [3.63, 3.8) is 0 Å². The van der Waals surface area contributed by atoms with Crippen LogP contribution in [0.5, 0.6) is 11.5 Å². The summed E-state index contributed by atoms with van der Waals surface area (Å²) in [7, 11) is 3.09. The quantitative estimate of drug-likeness (QED) is 0.766. The molecule has 0 fully saturated rings. The number of aryl methyl sites for hydroxylation is 2. The minimum absolute atomic E-state index is 0.136. The van der Waals surface area contributed by atoms with Gasteiger partial charge >= 0.3 is 0 Å². The van der Waals surface area contributed by atoms with Gasteiger partial charge in [0, 0.05) is 12.6 Å². The number of ether oxygens (including phenoxy) is 2. The predicted octanol–water partition coefficient (Wildman–Crippen LogP) is 3.44. The van der Waals surface area contributed by atoms with E-state index in [9.17, 15) is 9.59 Å². The summed E-state index contributed by atoms with van der Waals surface area (Å²) < 4.78 is 10.5. The molecular formula is C21H24N2O4. The van der Waals surface area contributed by atoms with Crippen molar-refractivity contribution in [2.75, 3.05) is 19.5 Å². The summed E-state index contributed by atoms with van der Waals surface area (Å²) in [6.07, 6.45) is 1.59. The average molecular weight is 368 g/mol. The third-order valence-electron chi connectivity index (χ3n) is 3.99. The van der Waals surface area contributed by atoms with E-state index in [1.807, 2.05) is 32.0 Å². The summed E-state index contributed by atoms with van der Waals surface area (Å²) in [5.74, 6) is 0.370. The molecule has 0 atom stereocenters. The van der Waals surface area contributed by atoms with Crippen molar-refractivity contribution in [3.8, 4) is 11.5 Å². The van der Waals surface area contributed by atoms with E-state index in [0.717, 1.165) is 16.8 Å². The number of carbonyl (C=O) groups is 2. The molecule has 0 unspecified atom stereocenters. The van der Waals surface area contributed by atoms with Gasteiger partial charge in [-0.3, -0.25) is 9.59 Å². The number of para-hydroxylation sites is 1. The van der Waals surface area contributed by atoms with E-state index in [1.54, 1.807) is 31.4 Å². The van der Waals surface area contributed by atoms with Gasteiger partial charge in [0.1, 0.15) is 5.70 Å². The summed E-state index contributed by atoms with van der Waals surface area (Å²) in [4.78, 5) is 24.4. The van der Waals surface area contributed by atoms with Crippen LogP contribution in [-0.2, 0) is 9.59 Å². The second-order valence-electron chi connectivity index (χ2n) is 6.07. The molecule has 0 saturated carbocycles. The first kappa shape index (κ1) is 20.0. The van der Waals surface area contributed by atoms with Gasteiger partial charge in [0.2, 0.25) is 5.91 Å². The van der Waals surface area contributed by atoms with Crippen molar-refractivity contribution in [2.24, 2.45) is 0 Å². The lowest BCUT2D eigenvalue weighted by Gasteiger charge is -2.14. The first-order valence-corrected chi connectivity index (χ1v) is 8.44. The van der Waals surface area contributed by atoms with Crippen molar-refractivity contribution < 1.29 is 19.1 Å². The fraction of sp³-hybridized carbons (Fsp3) is 0.238. The van der Waals surface area contributed by atoms with Crippen LogP contribution in [0, 0.1) is 13.8 Å². The van der Waals surface area contributed by atoms with Gasteiger partial charge in [-0.15, -0.1) is 0 Å². The lowest BCUT2D eigenvalue weighted by molar-refractivity contribution is -0.120. The number of anilines is 1. The third kappa shape index (κ3) is 5.10. The van der Waals surface area contributed by atoms with Crippen LogP contribution in [-0.4, -0.2) is 26.0 Å². The maximum atomic E-state index is 12.8. The highest BCUT2D eigenvalue weighted by Gasteiger charge is 2.14. The van der Waals surface area contributed by atoms with Gasteiger partial charge in [0.25, 0.3) is 5.91 Å². The highest BCUT2D eigenvalue weighted by molar-refractivity contribution is 6.09. The molecule has 27 heavy (non-hydrogen) atoms. The van der Waals surface area contributed by atoms with Gasteiger partial charge < -0.3 is 20.1 Å². The molecule has 142 valence electrons. The van der Waals surface area contributed by atoms with E-state index < -0.39 is 5.91 Å². The van der Waals surface area contributed by atoms with E-state index in [2.05, 4.69) is 10.6 Å². The number of carbonyl (C=O) groups excluding carboxylic acids is 2. The maximum absolute atomic E-state index is 12.8. The fourth-order valence-corrected chi connectivity index (χ4v) is 2.65. The number of benzene rings is 2. The van der Waals surface area contributed by atoms with Crippen LogP contribution in [0.3, 0.4) is 0 Å². The molecule has 0 aliphatic carbocycles. The number of hydrogen-bond donors (Lipinski definition) is 2. The third-order valence-corrected chi connectivity index (χ3v) is 3.99. The maximum Gasteiger partial charge on any atom is 0.272 e. The second kappa shape index (κ2) is 8.89. The number of rotatable bonds is 6. The van der Waals surface area contributed by atoms with Gasteiger partial charge in [-0.1, -0.05) is 24.3 Å². The van der Waals surface area contributed by atoms with Gasteiger partial charge in [0.15, 0.2) is 11.5 Å². The average Bonchev–Trinajstić information content (AvgIpc) is 2.63. The van der Waals surface area contributed by atoms with Gasteiger partial charge in [-0.25, -0.2) is 0 Å². The summed E-state index contributed by atoms with van der Waals surface area (Å²) >= 11 is 0. The molecule has 2 amide bonds. The van der Waals surface area contributed by atoms with Crippen molar-refractivity contribution >= 4 is 23.6 Å². The monoisotopic (exact) mass is 368 g/mol. The molecule has 2 rings (SSSR count). The lowest BCUT2D eigenvalue weighted by Crippen LogP contribution is -2.29. The highest BCUT2D eigenvalue weighted by Crippen LogP contribution is 2.28. The normalized spacial score (nSPS) is 10.9. The Morgan fingerprint density at radius 3 is 2.15 bits per heavy atom. The standard InChI is InChI=1S/C21H24N2O4/c1-13-7-6-8-14(2)20(13)23-21(25)17(22-15(3)24)11-16-9-10-18(26-4)19(12-16)27-5/h6-12H,1-5H3,(H,22,24)(H,23,25). The molecule has 2 aromatic carbocycles. The van der Waals surface area contributed by atoms with Crippen LogP contribution in [0.1, 0.15) is 23.6 Å². The summed E-state index contributed by atoms with van der Waals surface area (Å²) in [6.45, 7) is 5.19. The summed E-state index contributed by atoms with van der Waals surface area (Å²) in [5, 5.41) is 5.47. The van der Waals surface area contributed by atoms with E-state index >= 15 is 0 Å². The van der Waals surface area contributed by atoms with Crippen molar-refractivity contribution in [2.45, 2.75) is 20.8 Å². The smallest absolute Gasteiger partial charge is 0.272 e. The van der Waals surface area contributed by atoms with Gasteiger partial charge in [0.05, 0.1) is 14.2 Å². The fourth-order valence-electron chi connectivity index (χ4n) is 2.65. The largest absolute Gasteiger partial charge is 0.493 e. The number of methoxy groups -OCH3 is 2.